The Morgan fingerprint density at radius 2 is 1.95 bits per heavy atom. The van der Waals surface area contributed by atoms with E-state index in [-0.39, 0.29) is 6.10 Å². The molecule has 0 bridgehead atoms. The van der Waals surface area contributed by atoms with Gasteiger partial charge in [0.1, 0.15) is 6.10 Å². The monoisotopic (exact) mass is 257 g/mol. The maximum atomic E-state index is 11.8. The van der Waals surface area contributed by atoms with Crippen molar-refractivity contribution in [2.24, 2.45) is 0 Å². The minimum absolute atomic E-state index is 0.0556. The number of carbonyl (C=O) groups excluding carboxylic acids is 1. The van der Waals surface area contributed by atoms with Crippen LogP contribution in [0.25, 0.3) is 10.8 Å². The minimum atomic E-state index is -0.391. The Morgan fingerprint density at radius 3 is 2.74 bits per heavy atom. The van der Waals surface area contributed by atoms with Gasteiger partial charge in [-0.25, -0.2) is 4.79 Å². The van der Waals surface area contributed by atoms with E-state index in [0.29, 0.717) is 0 Å². The molecule has 0 fully saturated rings. The minimum Gasteiger partial charge on any atom is -0.446 e. The van der Waals surface area contributed by atoms with E-state index in [0.717, 1.165) is 29.3 Å². The molecular formula is C16H19NO2. The lowest BCUT2D eigenvalue weighted by molar-refractivity contribution is 0.115. The fraction of sp³-hybridized carbons (Fsp3) is 0.312. The van der Waals surface area contributed by atoms with E-state index < -0.39 is 6.09 Å². The number of amides is 1. The van der Waals surface area contributed by atoms with Gasteiger partial charge in [0.25, 0.3) is 0 Å². The molecule has 3 heteroatoms. The Bertz CT molecular complexity index is 560. The van der Waals surface area contributed by atoms with E-state index in [1.807, 2.05) is 49.4 Å². The van der Waals surface area contributed by atoms with Crippen LogP contribution < -0.4 is 5.32 Å². The normalized spacial score (nSPS) is 12.1. The predicted molar refractivity (Wildman–Crippen MR) is 78.4 cm³/mol. The molecule has 0 aliphatic rings. The zero-order valence-electron chi connectivity index (χ0n) is 11.3. The van der Waals surface area contributed by atoms with Crippen molar-refractivity contribution in [1.29, 1.82) is 0 Å². The van der Waals surface area contributed by atoms with Crippen LogP contribution in [0.5, 0.6) is 0 Å². The third-order valence-electron chi connectivity index (χ3n) is 3.03. The Hall–Kier alpha value is -2.03. The summed E-state index contributed by atoms with van der Waals surface area (Å²) in [6.07, 6.45) is 1.43. The molecule has 0 saturated heterocycles. The first-order valence-corrected chi connectivity index (χ1v) is 6.66. The third-order valence-corrected chi connectivity index (χ3v) is 3.03. The lowest BCUT2D eigenvalue weighted by atomic mass is 10.1. The molecule has 100 valence electrons. The fourth-order valence-corrected chi connectivity index (χ4v) is 2.12. The molecule has 0 aliphatic heterocycles. The van der Waals surface area contributed by atoms with Gasteiger partial charge in [-0.3, -0.25) is 5.32 Å². The molecule has 1 N–H and O–H groups in total. The third kappa shape index (κ3) is 3.47. The van der Waals surface area contributed by atoms with Gasteiger partial charge >= 0.3 is 6.09 Å². The van der Waals surface area contributed by atoms with Gasteiger partial charge in [0.15, 0.2) is 0 Å². The topological polar surface area (TPSA) is 38.3 Å². The van der Waals surface area contributed by atoms with Crippen molar-refractivity contribution in [2.45, 2.75) is 32.8 Å². The highest BCUT2D eigenvalue weighted by molar-refractivity contribution is 6.00. The molecule has 0 radical (unpaired) electrons. The van der Waals surface area contributed by atoms with Crippen LogP contribution in [0.2, 0.25) is 0 Å². The number of hydrogen-bond donors (Lipinski definition) is 1. The summed E-state index contributed by atoms with van der Waals surface area (Å²) in [6.45, 7) is 3.98. The zero-order valence-corrected chi connectivity index (χ0v) is 11.3. The number of fused-ring (bicyclic) bond motifs is 1. The van der Waals surface area contributed by atoms with Crippen LogP contribution in [0.1, 0.15) is 26.7 Å². The summed E-state index contributed by atoms with van der Waals surface area (Å²) < 4.78 is 5.29. The molecule has 2 aromatic carbocycles. The van der Waals surface area contributed by atoms with E-state index in [4.69, 9.17) is 4.74 Å². The smallest absolute Gasteiger partial charge is 0.411 e. The number of carbonyl (C=O) groups is 1. The number of nitrogens with one attached hydrogen (secondary N) is 1. The second kappa shape index (κ2) is 6.23. The second-order valence-corrected chi connectivity index (χ2v) is 4.66. The number of rotatable bonds is 4. The summed E-state index contributed by atoms with van der Waals surface area (Å²) in [7, 11) is 0. The Morgan fingerprint density at radius 1 is 1.21 bits per heavy atom. The van der Waals surface area contributed by atoms with E-state index in [9.17, 15) is 4.79 Å². The predicted octanol–water partition coefficient (Wildman–Crippen LogP) is 4.58. The quantitative estimate of drug-likeness (QED) is 0.870. The van der Waals surface area contributed by atoms with Crippen molar-refractivity contribution in [3.8, 4) is 0 Å². The molecule has 0 aromatic heterocycles. The molecule has 0 heterocycles. The van der Waals surface area contributed by atoms with Crippen molar-refractivity contribution < 1.29 is 9.53 Å². The molecule has 2 rings (SSSR count). The number of ether oxygens (including phenoxy) is 1. The Balaban J connectivity index is 2.11. The van der Waals surface area contributed by atoms with Crippen molar-refractivity contribution in [2.75, 3.05) is 5.32 Å². The second-order valence-electron chi connectivity index (χ2n) is 4.66. The summed E-state index contributed by atoms with van der Waals surface area (Å²) in [4.78, 5) is 11.8. The maximum absolute atomic E-state index is 11.8. The van der Waals surface area contributed by atoms with Crippen LogP contribution in [0.15, 0.2) is 42.5 Å². The van der Waals surface area contributed by atoms with Gasteiger partial charge in [-0.2, -0.15) is 0 Å². The van der Waals surface area contributed by atoms with Crippen LogP contribution in [-0.2, 0) is 4.74 Å². The van der Waals surface area contributed by atoms with Crippen LogP contribution in [-0.4, -0.2) is 12.2 Å². The van der Waals surface area contributed by atoms with E-state index >= 15 is 0 Å². The molecule has 19 heavy (non-hydrogen) atoms. The van der Waals surface area contributed by atoms with Crippen molar-refractivity contribution >= 4 is 22.6 Å². The van der Waals surface area contributed by atoms with E-state index in [1.54, 1.807) is 0 Å². The average Bonchev–Trinajstić information content (AvgIpc) is 2.39. The first-order chi connectivity index (χ1) is 9.20. The summed E-state index contributed by atoms with van der Waals surface area (Å²) in [5.41, 5.74) is 0.784. The largest absolute Gasteiger partial charge is 0.446 e. The molecular weight excluding hydrogens is 238 g/mol. The number of anilines is 1. The van der Waals surface area contributed by atoms with E-state index in [2.05, 4.69) is 12.2 Å². The lowest BCUT2D eigenvalue weighted by Gasteiger charge is -2.14. The SMILES string of the molecule is CCC[C@@H](C)OC(=O)Nc1cccc2ccccc12. The van der Waals surface area contributed by atoms with Crippen LogP contribution in [0.4, 0.5) is 10.5 Å². The molecule has 0 spiro atoms. The summed E-state index contributed by atoms with van der Waals surface area (Å²) in [6, 6.07) is 13.8. The van der Waals surface area contributed by atoms with Gasteiger partial charge in [0.2, 0.25) is 0 Å². The lowest BCUT2D eigenvalue weighted by Crippen LogP contribution is -2.20. The van der Waals surface area contributed by atoms with Gasteiger partial charge in [-0.15, -0.1) is 0 Å². The molecule has 3 nitrogen and oxygen atoms in total. The number of benzene rings is 2. The standard InChI is InChI=1S/C16H19NO2/c1-3-7-12(2)19-16(18)17-15-11-6-9-13-8-4-5-10-14(13)15/h4-6,8-12H,3,7H2,1-2H3,(H,17,18)/t12-/m1/s1. The fourth-order valence-electron chi connectivity index (χ4n) is 2.12. The van der Waals surface area contributed by atoms with Gasteiger partial charge in [0, 0.05) is 5.39 Å². The van der Waals surface area contributed by atoms with Crippen LogP contribution >= 0.6 is 0 Å². The van der Waals surface area contributed by atoms with Crippen molar-refractivity contribution in [1.82, 2.24) is 0 Å². The van der Waals surface area contributed by atoms with Crippen LogP contribution in [0, 0.1) is 0 Å². The Kier molecular flexibility index (Phi) is 4.39. The number of hydrogen-bond acceptors (Lipinski definition) is 2. The molecule has 1 atom stereocenters. The first-order valence-electron chi connectivity index (χ1n) is 6.66. The highest BCUT2D eigenvalue weighted by Crippen LogP contribution is 2.23. The average molecular weight is 257 g/mol. The van der Waals surface area contributed by atoms with Gasteiger partial charge in [-0.1, -0.05) is 49.7 Å². The molecule has 0 aliphatic carbocycles. The molecule has 0 saturated carbocycles. The van der Waals surface area contributed by atoms with Crippen LogP contribution in [0.3, 0.4) is 0 Å². The van der Waals surface area contributed by atoms with Gasteiger partial charge in [-0.05, 0) is 24.8 Å². The zero-order chi connectivity index (χ0) is 13.7. The summed E-state index contributed by atoms with van der Waals surface area (Å²) in [5.74, 6) is 0. The molecule has 0 unspecified atom stereocenters. The summed E-state index contributed by atoms with van der Waals surface area (Å²) >= 11 is 0. The van der Waals surface area contributed by atoms with Gasteiger partial charge < -0.3 is 4.74 Å². The van der Waals surface area contributed by atoms with Crippen molar-refractivity contribution in [3.63, 3.8) is 0 Å². The van der Waals surface area contributed by atoms with Gasteiger partial charge in [0.05, 0.1) is 5.69 Å². The summed E-state index contributed by atoms with van der Waals surface area (Å²) in [5, 5.41) is 4.93. The van der Waals surface area contributed by atoms with E-state index in [1.165, 1.54) is 0 Å². The Labute approximate surface area is 113 Å². The first kappa shape index (κ1) is 13.4. The van der Waals surface area contributed by atoms with Crippen molar-refractivity contribution in [3.05, 3.63) is 42.5 Å². The molecule has 2 aromatic rings. The highest BCUT2D eigenvalue weighted by atomic mass is 16.6. The maximum Gasteiger partial charge on any atom is 0.411 e. The molecule has 1 amide bonds. The highest BCUT2D eigenvalue weighted by Gasteiger charge is 2.10.